The maximum atomic E-state index is 12.1. The van der Waals surface area contributed by atoms with Crippen molar-refractivity contribution in [3.63, 3.8) is 0 Å². The molecule has 0 fully saturated rings. The number of benzene rings is 1. The zero-order chi connectivity index (χ0) is 11.5. The second-order valence-electron chi connectivity index (χ2n) is 3.41. The summed E-state index contributed by atoms with van der Waals surface area (Å²) in [6, 6.07) is 5.53. The van der Waals surface area contributed by atoms with Crippen LogP contribution in [-0.2, 0) is 0 Å². The van der Waals surface area contributed by atoms with Gasteiger partial charge < -0.3 is 4.74 Å². The summed E-state index contributed by atoms with van der Waals surface area (Å²) in [5.74, 6) is 0.491. The van der Waals surface area contributed by atoms with Crippen LogP contribution in [0.15, 0.2) is 29.1 Å². The van der Waals surface area contributed by atoms with Crippen LogP contribution in [0.25, 0.3) is 0 Å². The fourth-order valence-corrected chi connectivity index (χ4v) is 1.99. The van der Waals surface area contributed by atoms with Gasteiger partial charge in [0.25, 0.3) is 0 Å². The van der Waals surface area contributed by atoms with Gasteiger partial charge in [-0.1, -0.05) is 11.6 Å². The van der Waals surface area contributed by atoms with E-state index in [0.717, 1.165) is 5.56 Å². The number of carbonyl (C=O) groups is 1. The van der Waals surface area contributed by atoms with Gasteiger partial charge in [-0.2, -0.15) is 0 Å². The number of carbonyl (C=O) groups excluding carboxylic acids is 1. The zero-order valence-corrected chi connectivity index (χ0v) is 9.88. The maximum Gasteiger partial charge on any atom is 0.215 e. The minimum atomic E-state index is -0.0956. The van der Waals surface area contributed by atoms with Crippen molar-refractivity contribution in [2.75, 3.05) is 7.11 Å². The van der Waals surface area contributed by atoms with Crippen LogP contribution in [0.3, 0.4) is 0 Å². The molecule has 82 valence electrons. The minimum Gasteiger partial charge on any atom is -0.496 e. The SMILES string of the molecule is COc1ccc(C)cc1C(=O)c1cscn1. The Bertz CT molecular complexity index is 506. The van der Waals surface area contributed by atoms with Crippen molar-refractivity contribution in [3.8, 4) is 5.75 Å². The molecule has 0 bridgehead atoms. The van der Waals surface area contributed by atoms with Gasteiger partial charge in [-0.15, -0.1) is 11.3 Å². The van der Waals surface area contributed by atoms with Gasteiger partial charge in [0.1, 0.15) is 11.4 Å². The molecule has 0 spiro atoms. The van der Waals surface area contributed by atoms with E-state index in [-0.39, 0.29) is 5.78 Å². The summed E-state index contributed by atoms with van der Waals surface area (Å²) in [7, 11) is 1.56. The third-order valence-corrected chi connectivity index (χ3v) is 2.85. The summed E-state index contributed by atoms with van der Waals surface area (Å²) in [4.78, 5) is 16.1. The summed E-state index contributed by atoms with van der Waals surface area (Å²) >= 11 is 1.41. The largest absolute Gasteiger partial charge is 0.496 e. The van der Waals surface area contributed by atoms with Crippen molar-refractivity contribution in [2.24, 2.45) is 0 Å². The smallest absolute Gasteiger partial charge is 0.215 e. The number of hydrogen-bond donors (Lipinski definition) is 0. The number of hydrogen-bond acceptors (Lipinski definition) is 4. The second-order valence-corrected chi connectivity index (χ2v) is 4.13. The van der Waals surface area contributed by atoms with Crippen molar-refractivity contribution >= 4 is 17.1 Å². The number of aromatic nitrogens is 1. The van der Waals surface area contributed by atoms with E-state index in [1.165, 1.54) is 11.3 Å². The molecule has 1 aromatic heterocycles. The van der Waals surface area contributed by atoms with Gasteiger partial charge in [0, 0.05) is 5.38 Å². The first-order valence-electron chi connectivity index (χ1n) is 4.80. The van der Waals surface area contributed by atoms with E-state index in [2.05, 4.69) is 4.98 Å². The fourth-order valence-electron chi connectivity index (χ4n) is 1.46. The average Bonchev–Trinajstić information content (AvgIpc) is 2.81. The van der Waals surface area contributed by atoms with Gasteiger partial charge in [-0.25, -0.2) is 4.98 Å². The highest BCUT2D eigenvalue weighted by atomic mass is 32.1. The van der Waals surface area contributed by atoms with Gasteiger partial charge >= 0.3 is 0 Å². The molecule has 3 nitrogen and oxygen atoms in total. The van der Waals surface area contributed by atoms with E-state index >= 15 is 0 Å². The van der Waals surface area contributed by atoms with E-state index in [1.807, 2.05) is 19.1 Å². The molecule has 1 heterocycles. The van der Waals surface area contributed by atoms with Crippen LogP contribution in [-0.4, -0.2) is 17.9 Å². The normalized spacial score (nSPS) is 10.1. The lowest BCUT2D eigenvalue weighted by molar-refractivity contribution is 0.103. The molecular weight excluding hydrogens is 222 g/mol. The molecule has 0 unspecified atom stereocenters. The quantitative estimate of drug-likeness (QED) is 0.765. The van der Waals surface area contributed by atoms with Crippen molar-refractivity contribution in [2.45, 2.75) is 6.92 Å². The molecule has 1 aromatic carbocycles. The highest BCUT2D eigenvalue weighted by Gasteiger charge is 2.15. The van der Waals surface area contributed by atoms with Crippen LogP contribution in [0, 0.1) is 6.92 Å². The first kappa shape index (κ1) is 10.8. The lowest BCUT2D eigenvalue weighted by Gasteiger charge is -2.07. The Morgan fingerprint density at radius 3 is 2.88 bits per heavy atom. The number of ether oxygens (including phenoxy) is 1. The van der Waals surface area contributed by atoms with Gasteiger partial charge in [0.05, 0.1) is 18.2 Å². The molecular formula is C12H11NO2S. The molecule has 4 heteroatoms. The number of ketones is 1. The minimum absolute atomic E-state index is 0.0956. The number of thiazole rings is 1. The van der Waals surface area contributed by atoms with Crippen LogP contribution in [0.5, 0.6) is 5.75 Å². The van der Waals surface area contributed by atoms with Crippen molar-refractivity contribution in [1.29, 1.82) is 0 Å². The Kier molecular flexibility index (Phi) is 3.01. The molecule has 0 saturated heterocycles. The second kappa shape index (κ2) is 4.45. The Balaban J connectivity index is 2.47. The topological polar surface area (TPSA) is 39.2 Å². The van der Waals surface area contributed by atoms with E-state index in [9.17, 15) is 4.79 Å². The van der Waals surface area contributed by atoms with Crippen LogP contribution in [0.2, 0.25) is 0 Å². The van der Waals surface area contributed by atoms with E-state index in [1.54, 1.807) is 24.1 Å². The Morgan fingerprint density at radius 2 is 2.25 bits per heavy atom. The third kappa shape index (κ3) is 1.97. The molecule has 0 amide bonds. The molecule has 0 atom stereocenters. The molecule has 0 radical (unpaired) electrons. The van der Waals surface area contributed by atoms with Crippen LogP contribution < -0.4 is 4.74 Å². The monoisotopic (exact) mass is 233 g/mol. The van der Waals surface area contributed by atoms with Crippen LogP contribution >= 0.6 is 11.3 Å². The molecule has 2 aromatic rings. The predicted molar refractivity (Wildman–Crippen MR) is 63.3 cm³/mol. The Hall–Kier alpha value is -1.68. The van der Waals surface area contributed by atoms with Crippen molar-refractivity contribution in [1.82, 2.24) is 4.98 Å². The summed E-state index contributed by atoms with van der Waals surface area (Å²) in [5.41, 5.74) is 3.71. The molecule has 16 heavy (non-hydrogen) atoms. The van der Waals surface area contributed by atoms with Crippen molar-refractivity contribution in [3.05, 3.63) is 45.9 Å². The summed E-state index contributed by atoms with van der Waals surface area (Å²) in [5, 5.41) is 1.74. The molecule has 0 N–H and O–H groups in total. The molecule has 0 saturated carbocycles. The van der Waals surface area contributed by atoms with E-state index in [4.69, 9.17) is 4.74 Å². The van der Waals surface area contributed by atoms with Crippen molar-refractivity contribution < 1.29 is 9.53 Å². The maximum absolute atomic E-state index is 12.1. The fraction of sp³-hybridized carbons (Fsp3) is 0.167. The van der Waals surface area contributed by atoms with Gasteiger partial charge in [0.15, 0.2) is 0 Å². The zero-order valence-electron chi connectivity index (χ0n) is 9.06. The standard InChI is InChI=1S/C12H11NO2S/c1-8-3-4-11(15-2)9(5-8)12(14)10-6-16-7-13-10/h3-7H,1-2H3. The van der Waals surface area contributed by atoms with E-state index < -0.39 is 0 Å². The first-order chi connectivity index (χ1) is 7.72. The third-order valence-electron chi connectivity index (χ3n) is 2.26. The van der Waals surface area contributed by atoms with Gasteiger partial charge in [-0.3, -0.25) is 4.79 Å². The summed E-state index contributed by atoms with van der Waals surface area (Å²) in [6.45, 7) is 1.94. The summed E-state index contributed by atoms with van der Waals surface area (Å²) in [6.07, 6.45) is 0. The van der Waals surface area contributed by atoms with E-state index in [0.29, 0.717) is 17.0 Å². The van der Waals surface area contributed by atoms with Gasteiger partial charge in [0.2, 0.25) is 5.78 Å². The number of methoxy groups -OCH3 is 1. The van der Waals surface area contributed by atoms with Crippen LogP contribution in [0.4, 0.5) is 0 Å². The molecule has 0 aliphatic carbocycles. The number of aryl methyl sites for hydroxylation is 1. The summed E-state index contributed by atoms with van der Waals surface area (Å²) < 4.78 is 5.17. The highest BCUT2D eigenvalue weighted by Crippen LogP contribution is 2.22. The highest BCUT2D eigenvalue weighted by molar-refractivity contribution is 7.07. The molecule has 2 rings (SSSR count). The number of nitrogens with zero attached hydrogens (tertiary/aromatic N) is 1. The lowest BCUT2D eigenvalue weighted by atomic mass is 10.1. The van der Waals surface area contributed by atoms with Gasteiger partial charge in [-0.05, 0) is 19.1 Å². The molecule has 0 aliphatic rings. The predicted octanol–water partition coefficient (Wildman–Crippen LogP) is 2.69. The Labute approximate surface area is 97.7 Å². The Morgan fingerprint density at radius 1 is 1.44 bits per heavy atom. The van der Waals surface area contributed by atoms with Crippen LogP contribution in [0.1, 0.15) is 21.6 Å². The first-order valence-corrected chi connectivity index (χ1v) is 5.74. The lowest BCUT2D eigenvalue weighted by Crippen LogP contribution is -2.04. The molecule has 0 aliphatic heterocycles. The average molecular weight is 233 g/mol. The number of rotatable bonds is 3.